The smallest absolute Gasteiger partial charge is 0.155 e. The van der Waals surface area contributed by atoms with E-state index in [0.717, 1.165) is 6.42 Å². The number of alkyl halides is 1. The third-order valence-corrected chi connectivity index (χ3v) is 0.751. The van der Waals surface area contributed by atoms with Crippen LogP contribution in [-0.4, -0.2) is 5.50 Å². The van der Waals surface area contributed by atoms with Crippen LogP contribution in [0.1, 0.15) is 19.8 Å². The molecule has 0 rings (SSSR count). The van der Waals surface area contributed by atoms with Crippen molar-refractivity contribution in [2.45, 2.75) is 25.3 Å². The van der Waals surface area contributed by atoms with Crippen LogP contribution in [0.5, 0.6) is 0 Å². The molecule has 0 heterocycles. The Morgan fingerprint density at radius 3 is 2.33 bits per heavy atom. The third-order valence-electron chi connectivity index (χ3n) is 0.516. The Kier molecular flexibility index (Phi) is 3.63. The quantitative estimate of drug-likeness (QED) is 0.508. The van der Waals surface area contributed by atoms with Crippen LogP contribution in [0.4, 0.5) is 4.39 Å². The zero-order chi connectivity index (χ0) is 4.99. The molecule has 0 bridgehead atoms. The second kappa shape index (κ2) is 3.47. The van der Waals surface area contributed by atoms with Crippen molar-refractivity contribution in [3.05, 3.63) is 0 Å². The van der Waals surface area contributed by atoms with Gasteiger partial charge in [0.2, 0.25) is 0 Å². The Labute approximate surface area is 43.2 Å². The lowest BCUT2D eigenvalue weighted by Crippen LogP contribution is -1.83. The highest BCUT2D eigenvalue weighted by molar-refractivity contribution is 7.80. The van der Waals surface area contributed by atoms with Crippen molar-refractivity contribution < 1.29 is 4.39 Å². The van der Waals surface area contributed by atoms with Crippen LogP contribution in [0, 0.1) is 0 Å². The summed E-state index contributed by atoms with van der Waals surface area (Å²) in [6, 6.07) is 0. The highest BCUT2D eigenvalue weighted by Crippen LogP contribution is 2.03. The summed E-state index contributed by atoms with van der Waals surface area (Å²) < 4.78 is 11.5. The fourth-order valence-corrected chi connectivity index (χ4v) is 0.463. The van der Waals surface area contributed by atoms with Crippen LogP contribution < -0.4 is 0 Å². The molecular formula is C4H8FS. The van der Waals surface area contributed by atoms with E-state index >= 15 is 0 Å². The largest absolute Gasteiger partial charge is 0.235 e. The van der Waals surface area contributed by atoms with Gasteiger partial charge in [-0.15, -0.1) is 0 Å². The first-order chi connectivity index (χ1) is 2.77. The van der Waals surface area contributed by atoms with E-state index in [2.05, 4.69) is 12.6 Å². The maximum atomic E-state index is 11.5. The van der Waals surface area contributed by atoms with Crippen molar-refractivity contribution in [1.82, 2.24) is 0 Å². The normalized spacial score (nSPS) is 14.5. The summed E-state index contributed by atoms with van der Waals surface area (Å²) >= 11 is 4.21. The van der Waals surface area contributed by atoms with E-state index in [1.54, 1.807) is 0 Å². The first-order valence-electron chi connectivity index (χ1n) is 2.07. The molecule has 6 heavy (non-hydrogen) atoms. The van der Waals surface area contributed by atoms with Gasteiger partial charge in [0.15, 0.2) is 5.50 Å². The molecule has 0 fully saturated rings. The van der Waals surface area contributed by atoms with Crippen LogP contribution in [0.25, 0.3) is 0 Å². The van der Waals surface area contributed by atoms with Gasteiger partial charge in [-0.1, -0.05) is 26.0 Å². The van der Waals surface area contributed by atoms with Crippen molar-refractivity contribution in [2.75, 3.05) is 0 Å². The molecule has 0 aliphatic rings. The Bertz CT molecular complexity index is 28.7. The summed E-state index contributed by atoms with van der Waals surface area (Å²) in [5.41, 5.74) is -1.02. The number of hydrogen-bond donors (Lipinski definition) is 0. The van der Waals surface area contributed by atoms with Crippen molar-refractivity contribution in [2.24, 2.45) is 0 Å². The highest BCUT2D eigenvalue weighted by Gasteiger charge is 1.92. The van der Waals surface area contributed by atoms with Gasteiger partial charge in [0, 0.05) is 0 Å². The Hall–Kier alpha value is 0.280. The van der Waals surface area contributed by atoms with Crippen LogP contribution >= 0.6 is 12.6 Å². The van der Waals surface area contributed by atoms with Gasteiger partial charge in [0.1, 0.15) is 0 Å². The van der Waals surface area contributed by atoms with Gasteiger partial charge >= 0.3 is 0 Å². The van der Waals surface area contributed by atoms with Gasteiger partial charge in [-0.2, -0.15) is 0 Å². The zero-order valence-corrected chi connectivity index (χ0v) is 4.59. The fourth-order valence-electron chi connectivity index (χ4n) is 0.227. The Morgan fingerprint density at radius 1 is 1.83 bits per heavy atom. The molecule has 0 nitrogen and oxygen atoms in total. The number of hydrogen-bond acceptors (Lipinski definition) is 0. The molecule has 0 aromatic heterocycles. The second-order valence-electron chi connectivity index (χ2n) is 1.20. The maximum absolute atomic E-state index is 11.5. The lowest BCUT2D eigenvalue weighted by molar-refractivity contribution is 0.429. The van der Waals surface area contributed by atoms with Crippen molar-refractivity contribution >= 4 is 12.6 Å². The average Bonchev–Trinajstić information content (AvgIpc) is 1.35. The first kappa shape index (κ1) is 6.28. The molecule has 0 aromatic carbocycles. The lowest BCUT2D eigenvalue weighted by Gasteiger charge is -1.89. The van der Waals surface area contributed by atoms with Gasteiger partial charge in [-0.3, -0.25) is 0 Å². The van der Waals surface area contributed by atoms with Crippen LogP contribution in [0.3, 0.4) is 0 Å². The van der Waals surface area contributed by atoms with E-state index < -0.39 is 5.50 Å². The summed E-state index contributed by atoms with van der Waals surface area (Å²) in [7, 11) is 0. The molecule has 1 radical (unpaired) electrons. The fraction of sp³-hybridized carbons (Fsp3) is 1.00. The molecule has 0 unspecified atom stereocenters. The van der Waals surface area contributed by atoms with E-state index in [0.29, 0.717) is 6.42 Å². The number of rotatable bonds is 2. The molecule has 0 aliphatic heterocycles. The number of halogens is 1. The van der Waals surface area contributed by atoms with Gasteiger partial charge in [-0.05, 0) is 6.42 Å². The maximum Gasteiger partial charge on any atom is 0.155 e. The van der Waals surface area contributed by atoms with E-state index in [-0.39, 0.29) is 0 Å². The molecule has 37 valence electrons. The molecule has 1 atom stereocenters. The zero-order valence-electron chi connectivity index (χ0n) is 3.78. The lowest BCUT2D eigenvalue weighted by atomic mass is 10.4. The average molecular weight is 107 g/mol. The van der Waals surface area contributed by atoms with Gasteiger partial charge in [-0.25, -0.2) is 4.39 Å². The van der Waals surface area contributed by atoms with Gasteiger partial charge < -0.3 is 0 Å². The topological polar surface area (TPSA) is 0 Å². The minimum absolute atomic E-state index is 0.523. The van der Waals surface area contributed by atoms with E-state index in [9.17, 15) is 4.39 Å². The molecule has 0 aliphatic carbocycles. The van der Waals surface area contributed by atoms with Gasteiger partial charge in [0.05, 0.1) is 0 Å². The van der Waals surface area contributed by atoms with Crippen molar-refractivity contribution in [3.63, 3.8) is 0 Å². The first-order valence-corrected chi connectivity index (χ1v) is 2.54. The Morgan fingerprint density at radius 2 is 2.33 bits per heavy atom. The van der Waals surface area contributed by atoms with Crippen LogP contribution in [-0.2, 0) is 0 Å². The molecular weight excluding hydrogens is 99.1 g/mol. The molecule has 0 aromatic rings. The summed E-state index contributed by atoms with van der Waals surface area (Å²) in [6.07, 6.45) is 1.38. The summed E-state index contributed by atoms with van der Waals surface area (Å²) in [4.78, 5) is 0. The van der Waals surface area contributed by atoms with Crippen LogP contribution in [0.2, 0.25) is 0 Å². The molecule has 0 N–H and O–H groups in total. The highest BCUT2D eigenvalue weighted by atomic mass is 32.1. The summed E-state index contributed by atoms with van der Waals surface area (Å²) in [6.45, 7) is 1.92. The molecule has 0 saturated heterocycles. The van der Waals surface area contributed by atoms with E-state index in [1.165, 1.54) is 0 Å². The molecule has 0 saturated carbocycles. The predicted molar refractivity (Wildman–Crippen MR) is 27.4 cm³/mol. The SMILES string of the molecule is CCC[C@H](F)[S]. The van der Waals surface area contributed by atoms with E-state index in [4.69, 9.17) is 0 Å². The monoisotopic (exact) mass is 107 g/mol. The summed E-state index contributed by atoms with van der Waals surface area (Å²) in [5.74, 6) is 0. The van der Waals surface area contributed by atoms with Crippen molar-refractivity contribution in [1.29, 1.82) is 0 Å². The van der Waals surface area contributed by atoms with E-state index in [1.807, 2.05) is 6.92 Å². The Balaban J connectivity index is 2.63. The molecule has 0 spiro atoms. The minimum Gasteiger partial charge on any atom is -0.235 e. The molecule has 2 heteroatoms. The summed E-state index contributed by atoms with van der Waals surface area (Å²) in [5, 5.41) is 0. The standard InChI is InChI=1S/C4H8FS/c1-2-3-4(5)6/h4H,2-3H2,1H3/t4-/m1/s1. The van der Waals surface area contributed by atoms with Crippen LogP contribution in [0.15, 0.2) is 0 Å². The third kappa shape index (κ3) is 4.28. The second-order valence-corrected chi connectivity index (χ2v) is 1.71. The predicted octanol–water partition coefficient (Wildman–Crippen LogP) is 2.28. The minimum atomic E-state index is -1.02. The van der Waals surface area contributed by atoms with Crippen molar-refractivity contribution in [3.8, 4) is 0 Å². The molecule has 0 amide bonds. The van der Waals surface area contributed by atoms with Gasteiger partial charge in [0.25, 0.3) is 0 Å².